The summed E-state index contributed by atoms with van der Waals surface area (Å²) < 4.78 is 6.89. The van der Waals surface area contributed by atoms with E-state index < -0.39 is 0 Å². The smallest absolute Gasteiger partial charge is 0.159 e. The van der Waals surface area contributed by atoms with Crippen molar-refractivity contribution in [2.75, 3.05) is 9.80 Å². The number of hydrogen-bond acceptors (Lipinski definition) is 3. The van der Waals surface area contributed by atoms with Crippen LogP contribution < -0.4 is 14.5 Å². The van der Waals surface area contributed by atoms with E-state index in [0.29, 0.717) is 0 Å². The number of rotatable bonds is 6. The van der Waals surface area contributed by atoms with Crippen molar-refractivity contribution < 1.29 is 4.74 Å². The number of anilines is 6. The molecular weight excluding hydrogens is 657 g/mol. The lowest BCUT2D eigenvalue weighted by molar-refractivity contribution is 0.473. The van der Waals surface area contributed by atoms with Gasteiger partial charge in [-0.2, -0.15) is 0 Å². The first-order chi connectivity index (χ1) is 26.6. The number of para-hydroxylation sites is 4. The Morgan fingerprint density at radius 3 is 1.69 bits per heavy atom. The Bertz CT molecular complexity index is 2650. The van der Waals surface area contributed by atoms with E-state index in [1.807, 2.05) is 0 Å². The molecule has 0 aliphatic carbocycles. The van der Waals surface area contributed by atoms with Crippen molar-refractivity contribution in [1.29, 1.82) is 0 Å². The molecule has 54 heavy (non-hydrogen) atoms. The van der Waals surface area contributed by atoms with Gasteiger partial charge in [0, 0.05) is 27.9 Å². The van der Waals surface area contributed by atoms with Gasteiger partial charge in [0.05, 0.1) is 22.7 Å². The van der Waals surface area contributed by atoms with Crippen molar-refractivity contribution in [2.45, 2.75) is 19.3 Å². The zero-order chi connectivity index (χ0) is 36.2. The van der Waals surface area contributed by atoms with Crippen LogP contribution in [0.3, 0.4) is 0 Å². The molecule has 0 fully saturated rings. The first kappa shape index (κ1) is 31.9. The topological polar surface area (TPSA) is 15.7 Å². The van der Waals surface area contributed by atoms with Gasteiger partial charge in [-0.15, -0.1) is 0 Å². The van der Waals surface area contributed by atoms with Crippen LogP contribution in [0, 0.1) is 0 Å². The fourth-order valence-electron chi connectivity index (χ4n) is 8.36. The first-order valence-electron chi connectivity index (χ1n) is 18.6. The lowest BCUT2D eigenvalue weighted by atomic mass is 9.72. The highest BCUT2D eigenvalue weighted by Gasteiger charge is 2.42. The van der Waals surface area contributed by atoms with E-state index in [9.17, 15) is 0 Å². The van der Waals surface area contributed by atoms with E-state index in [2.05, 4.69) is 218 Å². The van der Waals surface area contributed by atoms with Crippen molar-refractivity contribution in [1.82, 2.24) is 0 Å². The van der Waals surface area contributed by atoms with Gasteiger partial charge >= 0.3 is 0 Å². The largest absolute Gasteiger partial charge is 0.452 e. The van der Waals surface area contributed by atoms with Crippen molar-refractivity contribution in [3.63, 3.8) is 0 Å². The minimum Gasteiger partial charge on any atom is -0.452 e. The first-order valence-corrected chi connectivity index (χ1v) is 18.6. The third-order valence-electron chi connectivity index (χ3n) is 11.1. The average molecular weight is 695 g/mol. The van der Waals surface area contributed by atoms with E-state index in [1.165, 1.54) is 39.1 Å². The molecular formula is C51H38N2O. The van der Waals surface area contributed by atoms with Gasteiger partial charge in [0.2, 0.25) is 0 Å². The standard InChI is InChI=1S/C51H38N2O/c1-51(2)43-20-10-12-22-46(43)53-47-23-13-14-24-48(47)54-50-42(33-34-44(51)49(50)53)38-27-31-40(32-28-38)52(39-29-25-36(26-30-39)35-15-5-3-6-16-35)45-21-11-9-19-41(45)37-17-7-4-8-18-37/h3-34H,1-2H3. The highest BCUT2D eigenvalue weighted by molar-refractivity contribution is 5.97. The average Bonchev–Trinajstić information content (AvgIpc) is 3.23. The van der Waals surface area contributed by atoms with Crippen LogP contribution in [-0.2, 0) is 5.41 Å². The van der Waals surface area contributed by atoms with Gasteiger partial charge in [-0.05, 0) is 81.9 Å². The Kier molecular flexibility index (Phi) is 7.48. The molecule has 0 radical (unpaired) electrons. The summed E-state index contributed by atoms with van der Waals surface area (Å²) >= 11 is 0. The van der Waals surface area contributed by atoms with Crippen molar-refractivity contribution >= 4 is 34.1 Å². The van der Waals surface area contributed by atoms with E-state index in [0.717, 1.165) is 51.1 Å². The molecule has 2 aliphatic heterocycles. The molecule has 8 aromatic carbocycles. The molecule has 0 bridgehead atoms. The van der Waals surface area contributed by atoms with Gasteiger partial charge in [0.1, 0.15) is 0 Å². The van der Waals surface area contributed by atoms with E-state index >= 15 is 0 Å². The van der Waals surface area contributed by atoms with Crippen molar-refractivity contribution in [3.05, 3.63) is 205 Å². The number of nitrogens with zero attached hydrogens (tertiary/aromatic N) is 2. The number of fused-ring (bicyclic) bond motifs is 4. The van der Waals surface area contributed by atoms with Gasteiger partial charge in [0.25, 0.3) is 0 Å². The third-order valence-corrected chi connectivity index (χ3v) is 11.1. The number of benzene rings is 8. The minimum absolute atomic E-state index is 0.197. The molecule has 0 spiro atoms. The molecule has 0 N–H and O–H groups in total. The third kappa shape index (κ3) is 5.12. The van der Waals surface area contributed by atoms with Crippen LogP contribution in [0.25, 0.3) is 33.4 Å². The molecule has 0 aromatic heterocycles. The molecule has 3 nitrogen and oxygen atoms in total. The SMILES string of the molecule is CC1(C)c2ccccc2N2c3ccccc3Oc3c(-c4ccc(N(c5ccc(-c6ccccc6)cc5)c5ccccc5-c5ccccc5)cc4)ccc1c32. The Labute approximate surface area is 317 Å². The monoisotopic (exact) mass is 694 g/mol. The second-order valence-electron chi connectivity index (χ2n) is 14.6. The fraction of sp³-hybridized carbons (Fsp3) is 0.0588. The van der Waals surface area contributed by atoms with Crippen LogP contribution >= 0.6 is 0 Å². The zero-order valence-electron chi connectivity index (χ0n) is 30.3. The predicted octanol–water partition coefficient (Wildman–Crippen LogP) is 14.4. The second-order valence-corrected chi connectivity index (χ2v) is 14.6. The molecule has 8 aromatic rings. The molecule has 258 valence electrons. The van der Waals surface area contributed by atoms with Crippen LogP contribution in [0.15, 0.2) is 194 Å². The molecule has 2 heterocycles. The summed E-state index contributed by atoms with van der Waals surface area (Å²) in [5.74, 6) is 1.75. The second kappa shape index (κ2) is 12.7. The Hall–Kier alpha value is -6.84. The lowest BCUT2D eigenvalue weighted by Crippen LogP contribution is -2.32. The summed E-state index contributed by atoms with van der Waals surface area (Å²) in [7, 11) is 0. The van der Waals surface area contributed by atoms with E-state index in [1.54, 1.807) is 0 Å². The quantitative estimate of drug-likeness (QED) is 0.172. The summed E-state index contributed by atoms with van der Waals surface area (Å²) in [5, 5.41) is 0. The fourth-order valence-corrected chi connectivity index (χ4v) is 8.36. The van der Waals surface area contributed by atoms with Crippen LogP contribution in [0.1, 0.15) is 25.0 Å². The molecule has 3 heteroatoms. The van der Waals surface area contributed by atoms with Crippen LogP contribution in [0.2, 0.25) is 0 Å². The highest BCUT2D eigenvalue weighted by Crippen LogP contribution is 2.61. The summed E-state index contributed by atoms with van der Waals surface area (Å²) in [4.78, 5) is 4.77. The van der Waals surface area contributed by atoms with Gasteiger partial charge in [0.15, 0.2) is 11.5 Å². The van der Waals surface area contributed by atoms with Gasteiger partial charge in [-0.3, -0.25) is 0 Å². The van der Waals surface area contributed by atoms with E-state index in [4.69, 9.17) is 4.74 Å². The summed E-state index contributed by atoms with van der Waals surface area (Å²) in [6.45, 7) is 4.64. The van der Waals surface area contributed by atoms with Gasteiger partial charge < -0.3 is 14.5 Å². The maximum absolute atomic E-state index is 6.89. The lowest BCUT2D eigenvalue weighted by Gasteiger charge is -2.45. The van der Waals surface area contributed by atoms with Gasteiger partial charge in [-0.25, -0.2) is 0 Å². The molecule has 0 atom stereocenters. The Balaban J connectivity index is 1.11. The molecule has 0 saturated heterocycles. The number of ether oxygens (including phenoxy) is 1. The van der Waals surface area contributed by atoms with Gasteiger partial charge in [-0.1, -0.05) is 159 Å². The molecule has 10 rings (SSSR count). The summed E-state index contributed by atoms with van der Waals surface area (Å²) in [5.41, 5.74) is 15.9. The molecule has 0 amide bonds. The van der Waals surface area contributed by atoms with Crippen LogP contribution in [0.5, 0.6) is 11.5 Å². The van der Waals surface area contributed by atoms with E-state index in [-0.39, 0.29) is 5.41 Å². The molecule has 0 saturated carbocycles. The van der Waals surface area contributed by atoms with Crippen molar-refractivity contribution in [2.24, 2.45) is 0 Å². The number of hydrogen-bond donors (Lipinski definition) is 0. The Morgan fingerprint density at radius 1 is 0.426 bits per heavy atom. The minimum atomic E-state index is -0.197. The van der Waals surface area contributed by atoms with Crippen LogP contribution in [0.4, 0.5) is 34.1 Å². The maximum Gasteiger partial charge on any atom is 0.159 e. The maximum atomic E-state index is 6.89. The highest BCUT2D eigenvalue weighted by atomic mass is 16.5. The molecule has 0 unspecified atom stereocenters. The normalized spacial score (nSPS) is 13.3. The summed E-state index contributed by atoms with van der Waals surface area (Å²) in [6, 6.07) is 69.4. The zero-order valence-corrected chi connectivity index (χ0v) is 30.3. The van der Waals surface area contributed by atoms with Crippen molar-refractivity contribution in [3.8, 4) is 44.9 Å². The predicted molar refractivity (Wildman–Crippen MR) is 224 cm³/mol. The Morgan fingerprint density at radius 2 is 0.963 bits per heavy atom. The summed E-state index contributed by atoms with van der Waals surface area (Å²) in [6.07, 6.45) is 0. The molecule has 2 aliphatic rings. The van der Waals surface area contributed by atoms with Crippen LogP contribution in [-0.4, -0.2) is 0 Å².